The Labute approximate surface area is 128 Å². The zero-order chi connectivity index (χ0) is 15.1. The molecule has 1 unspecified atom stereocenters. The SMILES string of the molecule is COc1ccc(CCN(C)CC2CCCCN2)cc1OC. The molecular weight excluding hydrogens is 264 g/mol. The molecule has 1 aromatic carbocycles. The Kier molecular flexibility index (Phi) is 6.33. The van der Waals surface area contributed by atoms with Crippen molar-refractivity contribution in [2.45, 2.75) is 31.7 Å². The van der Waals surface area contributed by atoms with E-state index in [-0.39, 0.29) is 0 Å². The molecule has 0 aromatic heterocycles. The lowest BCUT2D eigenvalue weighted by Gasteiger charge is -2.28. The number of rotatable bonds is 7. The lowest BCUT2D eigenvalue weighted by molar-refractivity contribution is 0.264. The molecule has 1 fully saturated rings. The van der Waals surface area contributed by atoms with E-state index in [2.05, 4.69) is 29.4 Å². The van der Waals surface area contributed by atoms with Gasteiger partial charge in [-0.25, -0.2) is 0 Å². The molecular formula is C17H28N2O2. The number of piperidine rings is 1. The van der Waals surface area contributed by atoms with Crippen molar-refractivity contribution in [3.05, 3.63) is 23.8 Å². The van der Waals surface area contributed by atoms with Crippen LogP contribution >= 0.6 is 0 Å². The molecule has 0 aliphatic carbocycles. The zero-order valence-electron chi connectivity index (χ0n) is 13.5. The number of hydrogen-bond donors (Lipinski definition) is 1. The molecule has 0 saturated carbocycles. The zero-order valence-corrected chi connectivity index (χ0v) is 13.5. The van der Waals surface area contributed by atoms with Crippen LogP contribution in [0.3, 0.4) is 0 Å². The summed E-state index contributed by atoms with van der Waals surface area (Å²) in [4.78, 5) is 2.42. The number of nitrogens with one attached hydrogen (secondary N) is 1. The van der Waals surface area contributed by atoms with Gasteiger partial charge in [0, 0.05) is 19.1 Å². The Balaban J connectivity index is 1.81. The lowest BCUT2D eigenvalue weighted by Crippen LogP contribution is -2.42. The van der Waals surface area contributed by atoms with Gasteiger partial charge >= 0.3 is 0 Å². The van der Waals surface area contributed by atoms with Gasteiger partial charge in [0.2, 0.25) is 0 Å². The number of benzene rings is 1. The van der Waals surface area contributed by atoms with Crippen molar-refractivity contribution in [1.29, 1.82) is 0 Å². The van der Waals surface area contributed by atoms with Gasteiger partial charge in [0.25, 0.3) is 0 Å². The first-order valence-corrected chi connectivity index (χ1v) is 7.85. The Morgan fingerprint density at radius 2 is 2.00 bits per heavy atom. The third kappa shape index (κ3) is 4.90. The normalized spacial score (nSPS) is 18.8. The summed E-state index contributed by atoms with van der Waals surface area (Å²) in [6.45, 7) is 3.37. The Bertz CT molecular complexity index is 431. The molecule has 0 radical (unpaired) electrons. The van der Waals surface area contributed by atoms with Crippen LogP contribution in [0.4, 0.5) is 0 Å². The summed E-state index contributed by atoms with van der Waals surface area (Å²) in [5.41, 5.74) is 1.29. The van der Waals surface area contributed by atoms with Gasteiger partial charge in [-0.15, -0.1) is 0 Å². The average molecular weight is 292 g/mol. The van der Waals surface area contributed by atoms with E-state index < -0.39 is 0 Å². The van der Waals surface area contributed by atoms with Gasteiger partial charge in [0.15, 0.2) is 11.5 Å². The minimum Gasteiger partial charge on any atom is -0.493 e. The summed E-state index contributed by atoms with van der Waals surface area (Å²) in [6.07, 6.45) is 5.03. The molecule has 0 amide bonds. The largest absolute Gasteiger partial charge is 0.493 e. The molecule has 1 saturated heterocycles. The second-order valence-electron chi connectivity index (χ2n) is 5.85. The smallest absolute Gasteiger partial charge is 0.160 e. The van der Waals surface area contributed by atoms with E-state index in [0.29, 0.717) is 6.04 Å². The second-order valence-corrected chi connectivity index (χ2v) is 5.85. The second kappa shape index (κ2) is 8.25. The summed E-state index contributed by atoms with van der Waals surface area (Å²) in [7, 11) is 5.56. The van der Waals surface area contributed by atoms with Crippen LogP contribution in [0.2, 0.25) is 0 Å². The maximum Gasteiger partial charge on any atom is 0.160 e. The standard InChI is InChI=1S/C17H28N2O2/c1-19(13-15-6-4-5-10-18-15)11-9-14-7-8-16(20-2)17(12-14)21-3/h7-8,12,15,18H,4-6,9-11,13H2,1-3H3. The van der Waals surface area contributed by atoms with Crippen LogP contribution in [0.1, 0.15) is 24.8 Å². The summed E-state index contributed by atoms with van der Waals surface area (Å²) in [5.74, 6) is 1.60. The highest BCUT2D eigenvalue weighted by atomic mass is 16.5. The van der Waals surface area contributed by atoms with E-state index in [1.807, 2.05) is 6.07 Å². The lowest BCUT2D eigenvalue weighted by atomic mass is 10.0. The molecule has 0 bridgehead atoms. The maximum absolute atomic E-state index is 5.36. The van der Waals surface area contributed by atoms with Crippen molar-refractivity contribution in [1.82, 2.24) is 10.2 Å². The van der Waals surface area contributed by atoms with Gasteiger partial charge in [-0.05, 0) is 50.6 Å². The number of methoxy groups -OCH3 is 2. The summed E-state index contributed by atoms with van der Waals surface area (Å²) in [5, 5.41) is 3.60. The van der Waals surface area contributed by atoms with E-state index in [0.717, 1.165) is 31.0 Å². The average Bonchev–Trinajstić information content (AvgIpc) is 2.53. The molecule has 1 aliphatic heterocycles. The highest BCUT2D eigenvalue weighted by molar-refractivity contribution is 5.42. The van der Waals surface area contributed by atoms with Crippen LogP contribution in [0.5, 0.6) is 11.5 Å². The van der Waals surface area contributed by atoms with Crippen molar-refractivity contribution in [3.8, 4) is 11.5 Å². The van der Waals surface area contributed by atoms with Crippen molar-refractivity contribution < 1.29 is 9.47 Å². The number of nitrogens with zero attached hydrogens (tertiary/aromatic N) is 1. The molecule has 1 aromatic rings. The van der Waals surface area contributed by atoms with Gasteiger partial charge in [-0.2, -0.15) is 0 Å². The molecule has 4 heteroatoms. The topological polar surface area (TPSA) is 33.7 Å². The van der Waals surface area contributed by atoms with E-state index in [1.54, 1.807) is 14.2 Å². The van der Waals surface area contributed by atoms with E-state index in [1.165, 1.54) is 31.4 Å². The van der Waals surface area contributed by atoms with Crippen LogP contribution < -0.4 is 14.8 Å². The monoisotopic (exact) mass is 292 g/mol. The van der Waals surface area contributed by atoms with Crippen LogP contribution in [-0.4, -0.2) is 51.8 Å². The molecule has 1 N–H and O–H groups in total. The first-order chi connectivity index (χ1) is 10.2. The predicted octanol–water partition coefficient (Wildman–Crippen LogP) is 2.32. The molecule has 1 atom stereocenters. The minimum absolute atomic E-state index is 0.661. The Hall–Kier alpha value is -1.26. The van der Waals surface area contributed by atoms with Crippen LogP contribution in [0.25, 0.3) is 0 Å². The van der Waals surface area contributed by atoms with E-state index in [4.69, 9.17) is 9.47 Å². The van der Waals surface area contributed by atoms with Crippen LogP contribution in [-0.2, 0) is 6.42 Å². The first kappa shape index (κ1) is 16.1. The Morgan fingerprint density at radius 3 is 2.67 bits per heavy atom. The molecule has 118 valence electrons. The predicted molar refractivity (Wildman–Crippen MR) is 86.4 cm³/mol. The van der Waals surface area contributed by atoms with Crippen LogP contribution in [0.15, 0.2) is 18.2 Å². The molecule has 4 nitrogen and oxygen atoms in total. The van der Waals surface area contributed by atoms with Crippen LogP contribution in [0, 0.1) is 0 Å². The summed E-state index contributed by atoms with van der Waals surface area (Å²) >= 11 is 0. The fraction of sp³-hybridized carbons (Fsp3) is 0.647. The van der Waals surface area contributed by atoms with E-state index in [9.17, 15) is 0 Å². The number of ether oxygens (including phenoxy) is 2. The number of likely N-dealkylation sites (N-methyl/N-ethyl adjacent to an activating group) is 1. The highest BCUT2D eigenvalue weighted by Gasteiger charge is 2.14. The maximum atomic E-state index is 5.36. The highest BCUT2D eigenvalue weighted by Crippen LogP contribution is 2.27. The Morgan fingerprint density at radius 1 is 1.19 bits per heavy atom. The fourth-order valence-electron chi connectivity index (χ4n) is 2.90. The summed E-state index contributed by atoms with van der Waals surface area (Å²) in [6, 6.07) is 6.84. The van der Waals surface area contributed by atoms with Gasteiger partial charge in [0.05, 0.1) is 14.2 Å². The van der Waals surface area contributed by atoms with Gasteiger partial charge in [-0.3, -0.25) is 0 Å². The fourth-order valence-corrected chi connectivity index (χ4v) is 2.90. The molecule has 2 rings (SSSR count). The van der Waals surface area contributed by atoms with Gasteiger partial charge in [-0.1, -0.05) is 12.5 Å². The van der Waals surface area contributed by atoms with Gasteiger partial charge in [0.1, 0.15) is 0 Å². The quantitative estimate of drug-likeness (QED) is 0.836. The third-order valence-corrected chi connectivity index (χ3v) is 4.17. The van der Waals surface area contributed by atoms with E-state index >= 15 is 0 Å². The van der Waals surface area contributed by atoms with Crippen molar-refractivity contribution >= 4 is 0 Å². The first-order valence-electron chi connectivity index (χ1n) is 7.85. The van der Waals surface area contributed by atoms with Crippen molar-refractivity contribution in [2.24, 2.45) is 0 Å². The molecule has 21 heavy (non-hydrogen) atoms. The molecule has 1 aliphatic rings. The third-order valence-electron chi connectivity index (χ3n) is 4.17. The molecule has 1 heterocycles. The minimum atomic E-state index is 0.661. The van der Waals surface area contributed by atoms with Crippen molar-refractivity contribution in [2.75, 3.05) is 40.9 Å². The molecule has 0 spiro atoms. The van der Waals surface area contributed by atoms with Crippen molar-refractivity contribution in [3.63, 3.8) is 0 Å². The van der Waals surface area contributed by atoms with Gasteiger partial charge < -0.3 is 19.7 Å². The summed E-state index contributed by atoms with van der Waals surface area (Å²) < 4.78 is 10.6. The number of hydrogen-bond acceptors (Lipinski definition) is 4.